The van der Waals surface area contributed by atoms with Gasteiger partial charge in [0.05, 0.1) is 22.2 Å². The number of para-hydroxylation sites is 2. The van der Waals surface area contributed by atoms with Crippen LogP contribution in [0.4, 0.5) is 11.4 Å². The molecular formula is C23H22ClN5O3S. The second-order valence-electron chi connectivity index (χ2n) is 7.52. The SMILES string of the molecule is Cc1cc(C)n(C(C)C(=O)Nc2ccc(NC(=O)CSc3nc4ccccc4o3)cc2Cl)n1. The van der Waals surface area contributed by atoms with Gasteiger partial charge < -0.3 is 15.1 Å². The monoisotopic (exact) mass is 483 g/mol. The maximum absolute atomic E-state index is 12.7. The van der Waals surface area contributed by atoms with E-state index in [1.54, 1.807) is 29.8 Å². The number of fused-ring (bicyclic) bond motifs is 1. The molecule has 0 aliphatic heterocycles. The quantitative estimate of drug-likeness (QED) is 0.349. The normalized spacial score (nSPS) is 12.0. The van der Waals surface area contributed by atoms with Gasteiger partial charge in [-0.2, -0.15) is 5.10 Å². The molecule has 4 aromatic rings. The van der Waals surface area contributed by atoms with Gasteiger partial charge in [0.2, 0.25) is 11.8 Å². The summed E-state index contributed by atoms with van der Waals surface area (Å²) in [6.45, 7) is 5.55. The Morgan fingerprint density at radius 3 is 2.64 bits per heavy atom. The Balaban J connectivity index is 1.34. The minimum atomic E-state index is -0.502. The number of nitrogens with one attached hydrogen (secondary N) is 2. The Hall–Kier alpha value is -3.30. The number of thioether (sulfide) groups is 1. The highest BCUT2D eigenvalue weighted by Crippen LogP contribution is 2.27. The molecule has 0 bridgehead atoms. The van der Waals surface area contributed by atoms with Crippen molar-refractivity contribution in [3.8, 4) is 0 Å². The van der Waals surface area contributed by atoms with Gasteiger partial charge in [-0.15, -0.1) is 0 Å². The van der Waals surface area contributed by atoms with Crippen molar-refractivity contribution in [2.24, 2.45) is 0 Å². The number of nitrogens with zero attached hydrogens (tertiary/aromatic N) is 3. The fourth-order valence-electron chi connectivity index (χ4n) is 3.32. The first kappa shape index (κ1) is 22.9. The Morgan fingerprint density at radius 2 is 1.94 bits per heavy atom. The molecule has 0 saturated heterocycles. The molecule has 2 amide bonds. The molecule has 170 valence electrons. The largest absolute Gasteiger partial charge is 0.431 e. The van der Waals surface area contributed by atoms with Crippen LogP contribution >= 0.6 is 23.4 Å². The number of rotatable bonds is 7. The van der Waals surface area contributed by atoms with E-state index in [2.05, 4.69) is 20.7 Å². The van der Waals surface area contributed by atoms with E-state index in [4.69, 9.17) is 16.0 Å². The van der Waals surface area contributed by atoms with E-state index in [1.807, 2.05) is 44.2 Å². The third-order valence-electron chi connectivity index (χ3n) is 4.90. The topological polar surface area (TPSA) is 102 Å². The van der Waals surface area contributed by atoms with E-state index in [-0.39, 0.29) is 17.6 Å². The number of hydrogen-bond acceptors (Lipinski definition) is 6. The Kier molecular flexibility index (Phi) is 6.71. The summed E-state index contributed by atoms with van der Waals surface area (Å²) < 4.78 is 7.27. The third-order valence-corrected chi connectivity index (χ3v) is 6.04. The molecule has 2 N–H and O–H groups in total. The van der Waals surface area contributed by atoms with Crippen LogP contribution in [0.25, 0.3) is 11.1 Å². The third kappa shape index (κ3) is 5.37. The highest BCUT2D eigenvalue weighted by molar-refractivity contribution is 7.99. The predicted octanol–water partition coefficient (Wildman–Crippen LogP) is 5.23. The highest BCUT2D eigenvalue weighted by atomic mass is 35.5. The van der Waals surface area contributed by atoms with E-state index >= 15 is 0 Å². The Morgan fingerprint density at radius 1 is 1.15 bits per heavy atom. The molecule has 0 spiro atoms. The summed E-state index contributed by atoms with van der Waals surface area (Å²) in [5.74, 6) is -0.342. The van der Waals surface area contributed by atoms with Crippen LogP contribution in [0.15, 0.2) is 58.2 Å². The van der Waals surface area contributed by atoms with Crippen molar-refractivity contribution in [1.82, 2.24) is 14.8 Å². The van der Waals surface area contributed by atoms with Crippen LogP contribution in [0.3, 0.4) is 0 Å². The lowest BCUT2D eigenvalue weighted by molar-refractivity contribution is -0.119. The average molecular weight is 484 g/mol. The van der Waals surface area contributed by atoms with Crippen LogP contribution in [-0.4, -0.2) is 32.3 Å². The van der Waals surface area contributed by atoms with Crippen molar-refractivity contribution < 1.29 is 14.0 Å². The first-order valence-corrected chi connectivity index (χ1v) is 11.6. The van der Waals surface area contributed by atoms with Crippen LogP contribution in [0, 0.1) is 13.8 Å². The summed E-state index contributed by atoms with van der Waals surface area (Å²) in [6, 6.07) is 13.7. The van der Waals surface area contributed by atoms with E-state index in [0.717, 1.165) is 16.9 Å². The van der Waals surface area contributed by atoms with E-state index in [0.29, 0.717) is 27.2 Å². The molecule has 10 heteroatoms. The van der Waals surface area contributed by atoms with Crippen molar-refractivity contribution in [3.63, 3.8) is 0 Å². The Bertz CT molecular complexity index is 1300. The summed E-state index contributed by atoms with van der Waals surface area (Å²) in [5, 5.41) is 10.7. The number of halogens is 1. The van der Waals surface area contributed by atoms with Crippen molar-refractivity contribution in [1.29, 1.82) is 0 Å². The van der Waals surface area contributed by atoms with Gasteiger partial charge in [0.15, 0.2) is 5.58 Å². The fraction of sp³-hybridized carbons (Fsp3) is 0.217. The molecular weight excluding hydrogens is 462 g/mol. The highest BCUT2D eigenvalue weighted by Gasteiger charge is 2.19. The lowest BCUT2D eigenvalue weighted by Gasteiger charge is -2.15. The summed E-state index contributed by atoms with van der Waals surface area (Å²) in [4.78, 5) is 29.3. The van der Waals surface area contributed by atoms with Crippen LogP contribution in [0.1, 0.15) is 24.4 Å². The van der Waals surface area contributed by atoms with Crippen molar-refractivity contribution in [2.45, 2.75) is 32.0 Å². The van der Waals surface area contributed by atoms with Crippen LogP contribution in [0.2, 0.25) is 5.02 Å². The van der Waals surface area contributed by atoms with Crippen LogP contribution in [-0.2, 0) is 9.59 Å². The molecule has 1 atom stereocenters. The summed E-state index contributed by atoms with van der Waals surface area (Å²) >= 11 is 7.55. The van der Waals surface area contributed by atoms with E-state index in [1.165, 1.54) is 11.8 Å². The number of aryl methyl sites for hydroxylation is 2. The number of carbonyl (C=O) groups is 2. The van der Waals surface area contributed by atoms with Gasteiger partial charge in [-0.25, -0.2) is 4.98 Å². The van der Waals surface area contributed by atoms with Crippen molar-refractivity contribution in [2.75, 3.05) is 16.4 Å². The molecule has 0 aliphatic rings. The first-order chi connectivity index (χ1) is 15.8. The molecule has 33 heavy (non-hydrogen) atoms. The zero-order valence-electron chi connectivity index (χ0n) is 18.3. The van der Waals surface area contributed by atoms with E-state index < -0.39 is 6.04 Å². The molecule has 4 rings (SSSR count). The Labute approximate surface area is 199 Å². The maximum Gasteiger partial charge on any atom is 0.257 e. The molecule has 2 aromatic carbocycles. The van der Waals surface area contributed by atoms with Crippen molar-refractivity contribution in [3.05, 3.63) is 64.9 Å². The molecule has 0 saturated carbocycles. The summed E-state index contributed by atoms with van der Waals surface area (Å²) in [6.07, 6.45) is 0. The number of oxazole rings is 1. The number of amides is 2. The molecule has 2 aromatic heterocycles. The maximum atomic E-state index is 12.7. The minimum absolute atomic E-state index is 0.128. The van der Waals surface area contributed by atoms with Gasteiger partial charge in [-0.1, -0.05) is 35.5 Å². The van der Waals surface area contributed by atoms with Crippen LogP contribution in [0.5, 0.6) is 0 Å². The molecule has 1 unspecified atom stereocenters. The molecule has 2 heterocycles. The second kappa shape index (κ2) is 9.68. The molecule has 0 radical (unpaired) electrons. The lowest BCUT2D eigenvalue weighted by Crippen LogP contribution is -2.25. The number of anilines is 2. The van der Waals surface area contributed by atoms with Gasteiger partial charge in [-0.05, 0) is 57.2 Å². The number of benzene rings is 2. The number of hydrogen-bond donors (Lipinski definition) is 2. The van der Waals surface area contributed by atoms with E-state index in [9.17, 15) is 9.59 Å². The number of aromatic nitrogens is 3. The summed E-state index contributed by atoms with van der Waals surface area (Å²) in [5.41, 5.74) is 4.14. The first-order valence-electron chi connectivity index (χ1n) is 10.2. The predicted molar refractivity (Wildman–Crippen MR) is 130 cm³/mol. The van der Waals surface area contributed by atoms with Gasteiger partial charge >= 0.3 is 0 Å². The zero-order chi connectivity index (χ0) is 23.5. The van der Waals surface area contributed by atoms with Gasteiger partial charge in [0.1, 0.15) is 11.6 Å². The standard InChI is InChI=1S/C23H22ClN5O3S/c1-13-10-14(2)29(28-13)15(3)22(31)26-18-9-8-16(11-17(18)24)25-21(30)12-33-23-27-19-6-4-5-7-20(19)32-23/h4-11,15H,12H2,1-3H3,(H,25,30)(H,26,31). The minimum Gasteiger partial charge on any atom is -0.431 e. The molecule has 0 aliphatic carbocycles. The lowest BCUT2D eigenvalue weighted by atomic mass is 10.2. The smallest absolute Gasteiger partial charge is 0.257 e. The number of carbonyl (C=O) groups excluding carboxylic acids is 2. The van der Waals surface area contributed by atoms with Gasteiger partial charge in [0, 0.05) is 11.4 Å². The molecule has 8 nitrogen and oxygen atoms in total. The summed E-state index contributed by atoms with van der Waals surface area (Å²) in [7, 11) is 0. The van der Waals surface area contributed by atoms with Gasteiger partial charge in [0.25, 0.3) is 5.22 Å². The fourth-order valence-corrected chi connectivity index (χ4v) is 4.18. The zero-order valence-corrected chi connectivity index (χ0v) is 19.8. The van der Waals surface area contributed by atoms with Crippen LogP contribution < -0.4 is 10.6 Å². The molecule has 0 fully saturated rings. The van der Waals surface area contributed by atoms with Gasteiger partial charge in [-0.3, -0.25) is 14.3 Å². The second-order valence-corrected chi connectivity index (χ2v) is 8.85. The average Bonchev–Trinajstić information content (AvgIpc) is 3.35. The van der Waals surface area contributed by atoms with Crippen molar-refractivity contribution >= 4 is 57.7 Å².